The molecule has 112 valence electrons. The van der Waals surface area contributed by atoms with Crippen molar-refractivity contribution in [1.82, 2.24) is 5.32 Å². The highest BCUT2D eigenvalue weighted by Gasteiger charge is 2.28. The summed E-state index contributed by atoms with van der Waals surface area (Å²) >= 11 is 0. The SMILES string of the molecule is Cc1ccc(OCC(=O)NC(C)(CN)C(C)C)cc1C. The molecule has 0 bridgehead atoms. The molecule has 0 saturated heterocycles. The predicted octanol–water partition coefficient (Wildman–Crippen LogP) is 2.17. The van der Waals surface area contributed by atoms with Crippen molar-refractivity contribution in [3.8, 4) is 5.75 Å². The summed E-state index contributed by atoms with van der Waals surface area (Å²) in [4.78, 5) is 12.0. The number of amides is 1. The van der Waals surface area contributed by atoms with Crippen LogP contribution in [0.5, 0.6) is 5.75 Å². The monoisotopic (exact) mass is 278 g/mol. The quantitative estimate of drug-likeness (QED) is 0.838. The van der Waals surface area contributed by atoms with Gasteiger partial charge < -0.3 is 15.8 Å². The smallest absolute Gasteiger partial charge is 0.258 e. The molecule has 1 atom stereocenters. The van der Waals surface area contributed by atoms with Crippen molar-refractivity contribution in [1.29, 1.82) is 0 Å². The highest BCUT2D eigenvalue weighted by molar-refractivity contribution is 5.78. The number of hydrogen-bond donors (Lipinski definition) is 2. The molecule has 0 saturated carbocycles. The number of benzene rings is 1. The maximum absolute atomic E-state index is 12.0. The minimum Gasteiger partial charge on any atom is -0.484 e. The maximum atomic E-state index is 12.0. The Hall–Kier alpha value is -1.55. The van der Waals surface area contributed by atoms with E-state index >= 15 is 0 Å². The van der Waals surface area contributed by atoms with Crippen LogP contribution >= 0.6 is 0 Å². The second-order valence-corrected chi connectivity index (χ2v) is 5.86. The molecule has 0 fully saturated rings. The van der Waals surface area contributed by atoms with Gasteiger partial charge in [-0.15, -0.1) is 0 Å². The van der Waals surface area contributed by atoms with Crippen LogP contribution in [0.1, 0.15) is 31.9 Å². The Labute approximate surface area is 121 Å². The number of hydrogen-bond acceptors (Lipinski definition) is 3. The van der Waals surface area contributed by atoms with E-state index in [4.69, 9.17) is 10.5 Å². The van der Waals surface area contributed by atoms with Crippen molar-refractivity contribution in [3.05, 3.63) is 29.3 Å². The van der Waals surface area contributed by atoms with Gasteiger partial charge in [0.15, 0.2) is 6.61 Å². The van der Waals surface area contributed by atoms with Gasteiger partial charge in [-0.25, -0.2) is 0 Å². The van der Waals surface area contributed by atoms with Crippen molar-refractivity contribution in [2.45, 2.75) is 40.2 Å². The lowest BCUT2D eigenvalue weighted by molar-refractivity contribution is -0.125. The van der Waals surface area contributed by atoms with Crippen molar-refractivity contribution in [2.75, 3.05) is 13.2 Å². The average Bonchev–Trinajstić information content (AvgIpc) is 2.39. The molecule has 3 N–H and O–H groups in total. The molecule has 0 heterocycles. The number of carbonyl (C=O) groups is 1. The number of rotatable bonds is 6. The zero-order chi connectivity index (χ0) is 15.3. The molecule has 0 aliphatic carbocycles. The van der Waals surface area contributed by atoms with E-state index < -0.39 is 5.54 Å². The van der Waals surface area contributed by atoms with E-state index in [2.05, 4.69) is 5.32 Å². The molecule has 4 heteroatoms. The maximum Gasteiger partial charge on any atom is 0.258 e. The first-order chi connectivity index (χ1) is 9.28. The topological polar surface area (TPSA) is 64.3 Å². The van der Waals surface area contributed by atoms with Gasteiger partial charge >= 0.3 is 0 Å². The highest BCUT2D eigenvalue weighted by Crippen LogP contribution is 2.17. The average molecular weight is 278 g/mol. The highest BCUT2D eigenvalue weighted by atomic mass is 16.5. The van der Waals surface area contributed by atoms with Crippen LogP contribution in [0.3, 0.4) is 0 Å². The van der Waals surface area contributed by atoms with Crippen molar-refractivity contribution < 1.29 is 9.53 Å². The summed E-state index contributed by atoms with van der Waals surface area (Å²) in [5.41, 5.74) is 7.70. The minimum atomic E-state index is -0.399. The van der Waals surface area contributed by atoms with Crippen molar-refractivity contribution >= 4 is 5.91 Å². The summed E-state index contributed by atoms with van der Waals surface area (Å²) in [5, 5.41) is 2.95. The summed E-state index contributed by atoms with van der Waals surface area (Å²) in [6.07, 6.45) is 0. The predicted molar refractivity (Wildman–Crippen MR) is 81.9 cm³/mol. The van der Waals surface area contributed by atoms with Crippen molar-refractivity contribution in [2.24, 2.45) is 11.7 Å². The van der Waals surface area contributed by atoms with Crippen LogP contribution in [0.25, 0.3) is 0 Å². The van der Waals surface area contributed by atoms with Gasteiger partial charge in [0.25, 0.3) is 5.91 Å². The van der Waals surface area contributed by atoms with E-state index in [-0.39, 0.29) is 18.4 Å². The van der Waals surface area contributed by atoms with E-state index in [0.717, 1.165) is 5.56 Å². The molecular weight excluding hydrogens is 252 g/mol. The molecule has 0 radical (unpaired) electrons. The van der Waals surface area contributed by atoms with E-state index in [0.29, 0.717) is 12.3 Å². The molecule has 1 unspecified atom stereocenters. The summed E-state index contributed by atoms with van der Waals surface area (Å²) in [6.45, 7) is 10.5. The molecule has 0 spiro atoms. The molecule has 0 aromatic heterocycles. The fourth-order valence-electron chi connectivity index (χ4n) is 1.74. The second kappa shape index (κ2) is 6.75. The number of ether oxygens (including phenoxy) is 1. The third-order valence-electron chi connectivity index (χ3n) is 3.97. The second-order valence-electron chi connectivity index (χ2n) is 5.86. The van der Waals surface area contributed by atoms with Crippen LogP contribution in [-0.4, -0.2) is 24.6 Å². The van der Waals surface area contributed by atoms with Crippen LogP contribution < -0.4 is 15.8 Å². The zero-order valence-corrected chi connectivity index (χ0v) is 13.1. The number of nitrogens with two attached hydrogens (primary N) is 1. The van der Waals surface area contributed by atoms with Gasteiger partial charge in [-0.3, -0.25) is 4.79 Å². The minimum absolute atomic E-state index is 0.00477. The number of aryl methyl sites for hydroxylation is 2. The van der Waals surface area contributed by atoms with Crippen LogP contribution in [0.4, 0.5) is 0 Å². The Morgan fingerprint density at radius 3 is 2.50 bits per heavy atom. The van der Waals surface area contributed by atoms with E-state index in [1.54, 1.807) is 0 Å². The van der Waals surface area contributed by atoms with Crippen LogP contribution in [0, 0.1) is 19.8 Å². The molecule has 4 nitrogen and oxygen atoms in total. The normalized spacial score (nSPS) is 13.9. The Bertz CT molecular complexity index is 472. The Kier molecular flexibility index (Phi) is 5.57. The Morgan fingerprint density at radius 1 is 1.35 bits per heavy atom. The number of nitrogens with one attached hydrogen (secondary N) is 1. The van der Waals surface area contributed by atoms with Gasteiger partial charge in [-0.05, 0) is 49.9 Å². The van der Waals surface area contributed by atoms with Gasteiger partial charge in [0.2, 0.25) is 0 Å². The molecule has 0 aliphatic heterocycles. The molecule has 1 rings (SSSR count). The fraction of sp³-hybridized carbons (Fsp3) is 0.562. The van der Waals surface area contributed by atoms with Crippen molar-refractivity contribution in [3.63, 3.8) is 0 Å². The molecular formula is C16H26N2O2. The van der Waals surface area contributed by atoms with Gasteiger partial charge in [0, 0.05) is 6.54 Å². The van der Waals surface area contributed by atoms with E-state index in [9.17, 15) is 4.79 Å². The van der Waals surface area contributed by atoms with Gasteiger partial charge in [-0.1, -0.05) is 19.9 Å². The number of carbonyl (C=O) groups excluding carboxylic acids is 1. The van der Waals surface area contributed by atoms with Gasteiger partial charge in [-0.2, -0.15) is 0 Å². The Balaban J connectivity index is 2.57. The van der Waals surface area contributed by atoms with Crippen LogP contribution in [0.2, 0.25) is 0 Å². The van der Waals surface area contributed by atoms with Crippen LogP contribution in [0.15, 0.2) is 18.2 Å². The third-order valence-corrected chi connectivity index (χ3v) is 3.97. The largest absolute Gasteiger partial charge is 0.484 e. The summed E-state index contributed by atoms with van der Waals surface area (Å²) < 4.78 is 5.52. The Morgan fingerprint density at radius 2 is 2.00 bits per heavy atom. The van der Waals surface area contributed by atoms with Gasteiger partial charge in [0.1, 0.15) is 5.75 Å². The zero-order valence-electron chi connectivity index (χ0n) is 13.1. The van der Waals surface area contributed by atoms with E-state index in [1.165, 1.54) is 5.56 Å². The third kappa shape index (κ3) is 4.23. The fourth-order valence-corrected chi connectivity index (χ4v) is 1.74. The lowest BCUT2D eigenvalue weighted by Crippen LogP contribution is -2.56. The molecule has 1 amide bonds. The first kappa shape index (κ1) is 16.5. The first-order valence-corrected chi connectivity index (χ1v) is 6.99. The lowest BCUT2D eigenvalue weighted by atomic mass is 9.88. The van der Waals surface area contributed by atoms with Gasteiger partial charge in [0.05, 0.1) is 5.54 Å². The van der Waals surface area contributed by atoms with E-state index in [1.807, 2.05) is 52.8 Å². The summed E-state index contributed by atoms with van der Waals surface area (Å²) in [5.74, 6) is 0.824. The first-order valence-electron chi connectivity index (χ1n) is 6.99. The standard InChI is InChI=1S/C16H26N2O2/c1-11(2)16(5,10-17)18-15(19)9-20-14-7-6-12(3)13(4)8-14/h6-8,11H,9-10,17H2,1-5H3,(H,18,19). The summed E-state index contributed by atoms with van der Waals surface area (Å²) in [7, 11) is 0. The van der Waals surface area contributed by atoms with Crippen LogP contribution in [-0.2, 0) is 4.79 Å². The lowest BCUT2D eigenvalue weighted by Gasteiger charge is -2.33. The molecule has 1 aromatic carbocycles. The summed E-state index contributed by atoms with van der Waals surface area (Å²) in [6, 6.07) is 5.80. The molecule has 20 heavy (non-hydrogen) atoms. The molecule has 0 aliphatic rings. The molecule has 1 aromatic rings.